The van der Waals surface area contributed by atoms with E-state index in [1.54, 1.807) is 0 Å². The number of cyclic esters (lactones) is 1. The van der Waals surface area contributed by atoms with Crippen molar-refractivity contribution in [3.8, 4) is 0 Å². The predicted molar refractivity (Wildman–Crippen MR) is 92.7 cm³/mol. The first kappa shape index (κ1) is 17.6. The van der Waals surface area contributed by atoms with Crippen molar-refractivity contribution in [3.05, 3.63) is 35.4 Å². The Kier molecular flexibility index (Phi) is 5.21. The van der Waals surface area contributed by atoms with Gasteiger partial charge >= 0.3 is 5.97 Å². The minimum Gasteiger partial charge on any atom is -0.458 e. The maximum absolute atomic E-state index is 12.1. The number of nitrogens with two attached hydrogens (primary N) is 1. The molecule has 1 saturated carbocycles. The zero-order valence-corrected chi connectivity index (χ0v) is 14.5. The summed E-state index contributed by atoms with van der Waals surface area (Å²) in [4.78, 5) is 35.0. The molecule has 0 aromatic heterocycles. The molecule has 25 heavy (non-hydrogen) atoms. The van der Waals surface area contributed by atoms with Crippen molar-refractivity contribution in [2.75, 3.05) is 0 Å². The van der Waals surface area contributed by atoms with Gasteiger partial charge in [-0.15, -0.1) is 0 Å². The average molecular weight is 343 g/mol. The topological polar surface area (TPSA) is 86.5 Å². The van der Waals surface area contributed by atoms with Crippen LogP contribution < -0.4 is 5.73 Å². The number of hydrogen-bond donors (Lipinski definition) is 1. The van der Waals surface area contributed by atoms with Crippen LogP contribution in [0.3, 0.4) is 0 Å². The molecule has 5 nitrogen and oxygen atoms in total. The lowest BCUT2D eigenvalue weighted by Gasteiger charge is -2.41. The molecule has 1 amide bonds. The SMILES string of the molecule is NC(=O)Cc1ccc(CCC2(C3CCCC3)CC(=O)CC(=O)O2)cc1. The van der Waals surface area contributed by atoms with Crippen molar-refractivity contribution < 1.29 is 19.1 Å². The molecule has 134 valence electrons. The maximum atomic E-state index is 12.1. The summed E-state index contributed by atoms with van der Waals surface area (Å²) in [6.07, 6.45) is 6.24. The number of ether oxygens (including phenoxy) is 1. The van der Waals surface area contributed by atoms with Crippen LogP contribution in [0.25, 0.3) is 0 Å². The molecular formula is C20H25NO4. The van der Waals surface area contributed by atoms with E-state index in [9.17, 15) is 14.4 Å². The van der Waals surface area contributed by atoms with Gasteiger partial charge in [0.25, 0.3) is 0 Å². The molecule has 2 aliphatic rings. The minimum absolute atomic E-state index is 0.0000406. The van der Waals surface area contributed by atoms with Crippen molar-refractivity contribution in [1.82, 2.24) is 0 Å². The van der Waals surface area contributed by atoms with Crippen LogP contribution in [-0.4, -0.2) is 23.3 Å². The lowest BCUT2D eigenvalue weighted by atomic mass is 9.76. The van der Waals surface area contributed by atoms with Gasteiger partial charge in [-0.3, -0.25) is 14.4 Å². The number of primary amides is 1. The summed E-state index contributed by atoms with van der Waals surface area (Å²) in [5.41, 5.74) is 6.58. The van der Waals surface area contributed by atoms with Crippen LogP contribution >= 0.6 is 0 Å². The van der Waals surface area contributed by atoms with Gasteiger partial charge in [-0.25, -0.2) is 0 Å². The lowest BCUT2D eigenvalue weighted by Crippen LogP contribution is -2.48. The van der Waals surface area contributed by atoms with Gasteiger partial charge in [-0.2, -0.15) is 0 Å². The Hall–Kier alpha value is -2.17. The normalized spacial score (nSPS) is 24.3. The first-order chi connectivity index (χ1) is 12.0. The van der Waals surface area contributed by atoms with Gasteiger partial charge < -0.3 is 10.5 Å². The monoisotopic (exact) mass is 343 g/mol. The Balaban J connectivity index is 1.71. The van der Waals surface area contributed by atoms with Crippen molar-refractivity contribution in [1.29, 1.82) is 0 Å². The van der Waals surface area contributed by atoms with Crippen LogP contribution in [-0.2, 0) is 32.0 Å². The highest BCUT2D eigenvalue weighted by atomic mass is 16.6. The average Bonchev–Trinajstić information content (AvgIpc) is 3.08. The fourth-order valence-corrected chi connectivity index (χ4v) is 4.26. The quantitative estimate of drug-likeness (QED) is 0.635. The zero-order chi connectivity index (χ0) is 17.9. The lowest BCUT2D eigenvalue weighted by molar-refractivity contribution is -0.178. The predicted octanol–water partition coefficient (Wildman–Crippen LogP) is 2.48. The summed E-state index contributed by atoms with van der Waals surface area (Å²) in [6.45, 7) is 0. The van der Waals surface area contributed by atoms with Crippen molar-refractivity contribution >= 4 is 17.7 Å². The van der Waals surface area contributed by atoms with Crippen molar-refractivity contribution in [3.63, 3.8) is 0 Å². The summed E-state index contributed by atoms with van der Waals surface area (Å²) < 4.78 is 5.81. The van der Waals surface area contributed by atoms with E-state index < -0.39 is 5.60 Å². The van der Waals surface area contributed by atoms with E-state index in [1.165, 1.54) is 0 Å². The highest BCUT2D eigenvalue weighted by Gasteiger charge is 2.47. The largest absolute Gasteiger partial charge is 0.458 e. The molecule has 1 unspecified atom stereocenters. The number of Topliss-reactive ketones (excluding diaryl/α,β-unsaturated/α-hetero) is 1. The number of hydrogen-bond acceptors (Lipinski definition) is 4. The van der Waals surface area contributed by atoms with Gasteiger partial charge in [0, 0.05) is 6.42 Å². The Morgan fingerprint density at radius 3 is 2.36 bits per heavy atom. The third-order valence-corrected chi connectivity index (χ3v) is 5.49. The van der Waals surface area contributed by atoms with Gasteiger partial charge in [0.15, 0.2) is 0 Å². The molecule has 2 fully saturated rings. The van der Waals surface area contributed by atoms with Gasteiger partial charge in [0.05, 0.1) is 6.42 Å². The standard InChI is InChI=1S/C20H25NO4/c21-18(23)11-15-7-5-14(6-8-15)9-10-20(16-3-1-2-4-16)13-17(22)12-19(24)25-20/h5-8,16H,1-4,9-13H2,(H2,21,23). The summed E-state index contributed by atoms with van der Waals surface area (Å²) in [7, 11) is 0. The second kappa shape index (κ2) is 7.38. The molecule has 5 heteroatoms. The number of carbonyl (C=O) groups is 3. The van der Waals surface area contributed by atoms with E-state index in [0.29, 0.717) is 12.8 Å². The second-order valence-electron chi connectivity index (χ2n) is 7.37. The first-order valence-corrected chi connectivity index (χ1v) is 9.06. The minimum atomic E-state index is -0.630. The molecule has 3 rings (SSSR count). The van der Waals surface area contributed by atoms with Gasteiger partial charge in [0.2, 0.25) is 5.91 Å². The fourth-order valence-electron chi connectivity index (χ4n) is 4.26. The summed E-state index contributed by atoms with van der Waals surface area (Å²) in [5.74, 6) is -0.435. The number of rotatable bonds is 6. The third-order valence-electron chi connectivity index (χ3n) is 5.49. The Morgan fingerprint density at radius 1 is 1.12 bits per heavy atom. The summed E-state index contributed by atoms with van der Waals surface area (Å²) in [5, 5.41) is 0. The van der Waals surface area contributed by atoms with Crippen LogP contribution in [0.2, 0.25) is 0 Å². The molecule has 1 heterocycles. The van der Waals surface area contributed by atoms with E-state index >= 15 is 0 Å². The number of carbonyl (C=O) groups excluding carboxylic acids is 3. The maximum Gasteiger partial charge on any atom is 0.313 e. The molecule has 0 spiro atoms. The number of esters is 1. The van der Waals surface area contributed by atoms with Crippen LogP contribution in [0.5, 0.6) is 0 Å². The van der Waals surface area contributed by atoms with E-state index in [4.69, 9.17) is 10.5 Å². The summed E-state index contributed by atoms with van der Waals surface area (Å²) in [6, 6.07) is 7.76. The van der Waals surface area contributed by atoms with Crippen molar-refractivity contribution in [2.24, 2.45) is 11.7 Å². The molecular weight excluding hydrogens is 318 g/mol. The molecule has 2 N–H and O–H groups in total. The van der Waals surface area contributed by atoms with E-state index in [2.05, 4.69) is 0 Å². The van der Waals surface area contributed by atoms with Crippen LogP contribution in [0.1, 0.15) is 56.1 Å². The van der Waals surface area contributed by atoms with Gasteiger partial charge in [-0.05, 0) is 42.7 Å². The number of ketones is 1. The van der Waals surface area contributed by atoms with Crippen LogP contribution in [0, 0.1) is 5.92 Å². The van der Waals surface area contributed by atoms with E-state index in [-0.39, 0.29) is 36.4 Å². The Labute approximate surface area is 147 Å². The molecule has 1 saturated heterocycles. The van der Waals surface area contributed by atoms with Crippen LogP contribution in [0.4, 0.5) is 0 Å². The van der Waals surface area contributed by atoms with E-state index in [1.807, 2.05) is 24.3 Å². The first-order valence-electron chi connectivity index (χ1n) is 9.06. The zero-order valence-electron chi connectivity index (χ0n) is 14.5. The molecule has 1 aromatic rings. The number of benzene rings is 1. The second-order valence-corrected chi connectivity index (χ2v) is 7.37. The Morgan fingerprint density at radius 2 is 1.76 bits per heavy atom. The number of amides is 1. The summed E-state index contributed by atoms with van der Waals surface area (Å²) >= 11 is 0. The highest BCUT2D eigenvalue weighted by molar-refractivity contribution is 5.98. The number of aryl methyl sites for hydroxylation is 1. The molecule has 0 radical (unpaired) electrons. The molecule has 1 atom stereocenters. The third kappa shape index (κ3) is 4.27. The van der Waals surface area contributed by atoms with Crippen molar-refractivity contribution in [2.45, 2.75) is 63.4 Å². The fraction of sp³-hybridized carbons (Fsp3) is 0.550. The van der Waals surface area contributed by atoms with Gasteiger partial charge in [0.1, 0.15) is 17.8 Å². The Bertz CT molecular complexity index is 643. The van der Waals surface area contributed by atoms with Gasteiger partial charge in [-0.1, -0.05) is 37.1 Å². The molecule has 1 aliphatic heterocycles. The smallest absolute Gasteiger partial charge is 0.313 e. The van der Waals surface area contributed by atoms with Crippen LogP contribution in [0.15, 0.2) is 24.3 Å². The molecule has 1 aliphatic carbocycles. The molecule has 0 bridgehead atoms. The van der Waals surface area contributed by atoms with E-state index in [0.717, 1.165) is 43.2 Å². The highest BCUT2D eigenvalue weighted by Crippen LogP contribution is 2.43. The molecule has 1 aromatic carbocycles.